The summed E-state index contributed by atoms with van der Waals surface area (Å²) in [6, 6.07) is 15.2. The van der Waals surface area contributed by atoms with Crippen LogP contribution in [0.25, 0.3) is 11.1 Å². The maximum atomic E-state index is 12.7. The second kappa shape index (κ2) is 8.63. The summed E-state index contributed by atoms with van der Waals surface area (Å²) in [6.45, 7) is 3.42. The van der Waals surface area contributed by atoms with E-state index in [0.29, 0.717) is 0 Å². The molecule has 0 saturated carbocycles. The SMILES string of the molecule is C[C@H](NC(=O)OCC1c2ccccc2-c2ccccc21)C(=O)N1CCOC(C)(C(=O)O)C1. The van der Waals surface area contributed by atoms with Crippen LogP contribution in [0.2, 0.25) is 0 Å². The fourth-order valence-electron chi connectivity index (χ4n) is 4.34. The third-order valence-corrected chi connectivity index (χ3v) is 6.09. The Morgan fingerprint density at radius 1 is 1.16 bits per heavy atom. The van der Waals surface area contributed by atoms with Gasteiger partial charge in [0.15, 0.2) is 5.60 Å². The molecule has 2 atom stereocenters. The van der Waals surface area contributed by atoms with Crippen LogP contribution in [0.1, 0.15) is 30.9 Å². The Bertz CT molecular complexity index is 1010. The minimum Gasteiger partial charge on any atom is -0.479 e. The van der Waals surface area contributed by atoms with Crippen molar-refractivity contribution >= 4 is 18.0 Å². The van der Waals surface area contributed by atoms with Gasteiger partial charge in [0.25, 0.3) is 0 Å². The number of carbonyl (C=O) groups is 3. The van der Waals surface area contributed by atoms with Crippen molar-refractivity contribution in [3.63, 3.8) is 0 Å². The highest BCUT2D eigenvalue weighted by atomic mass is 16.5. The zero-order valence-electron chi connectivity index (χ0n) is 18.0. The minimum absolute atomic E-state index is 0.0744. The van der Waals surface area contributed by atoms with Crippen LogP contribution in [-0.2, 0) is 19.1 Å². The number of nitrogens with one attached hydrogen (secondary N) is 1. The molecule has 2 aromatic carbocycles. The number of carbonyl (C=O) groups excluding carboxylic acids is 2. The largest absolute Gasteiger partial charge is 0.479 e. The molecule has 0 aromatic heterocycles. The fraction of sp³-hybridized carbons (Fsp3) is 0.375. The number of rotatable bonds is 5. The molecule has 1 saturated heterocycles. The van der Waals surface area contributed by atoms with Crippen molar-refractivity contribution in [2.45, 2.75) is 31.4 Å². The van der Waals surface area contributed by atoms with Crippen LogP contribution in [0.5, 0.6) is 0 Å². The predicted octanol–water partition coefficient (Wildman–Crippen LogP) is 2.62. The lowest BCUT2D eigenvalue weighted by atomic mass is 9.98. The van der Waals surface area contributed by atoms with E-state index < -0.39 is 23.7 Å². The van der Waals surface area contributed by atoms with Crippen LogP contribution in [0.15, 0.2) is 48.5 Å². The van der Waals surface area contributed by atoms with Crippen molar-refractivity contribution in [2.75, 3.05) is 26.3 Å². The molecule has 1 aliphatic carbocycles. The number of carboxylic acid groups (broad SMARTS) is 1. The van der Waals surface area contributed by atoms with E-state index in [2.05, 4.69) is 17.4 Å². The number of hydrogen-bond acceptors (Lipinski definition) is 5. The highest BCUT2D eigenvalue weighted by molar-refractivity contribution is 5.87. The van der Waals surface area contributed by atoms with Crippen molar-refractivity contribution in [2.24, 2.45) is 0 Å². The standard InChI is InChI=1S/C24H26N2O6/c1-15(21(27)26-11-12-32-24(2,14-26)22(28)29)25-23(30)31-13-20-18-9-5-3-7-16(18)17-8-4-6-10-19(17)20/h3-10,15,20H,11-14H2,1-2H3,(H,25,30)(H,28,29)/t15-,24?/m0/s1. The molecule has 8 heteroatoms. The van der Waals surface area contributed by atoms with Gasteiger partial charge in [0.2, 0.25) is 5.91 Å². The average Bonchev–Trinajstić information content (AvgIpc) is 3.11. The van der Waals surface area contributed by atoms with E-state index in [0.717, 1.165) is 22.3 Å². The molecule has 1 unspecified atom stereocenters. The average molecular weight is 438 g/mol. The van der Waals surface area contributed by atoms with Gasteiger partial charge in [0.05, 0.1) is 13.2 Å². The number of nitrogens with zero attached hydrogens (tertiary/aromatic N) is 1. The first-order chi connectivity index (χ1) is 15.3. The van der Waals surface area contributed by atoms with Gasteiger partial charge < -0.3 is 24.8 Å². The van der Waals surface area contributed by atoms with Crippen LogP contribution < -0.4 is 5.32 Å². The Kier molecular flexibility index (Phi) is 5.88. The molecule has 0 radical (unpaired) electrons. The number of morpholine rings is 1. The number of ether oxygens (including phenoxy) is 2. The first kappa shape index (κ1) is 21.8. The lowest BCUT2D eigenvalue weighted by molar-refractivity contribution is -0.177. The van der Waals surface area contributed by atoms with Crippen molar-refractivity contribution in [1.82, 2.24) is 10.2 Å². The van der Waals surface area contributed by atoms with Gasteiger partial charge in [-0.05, 0) is 36.1 Å². The summed E-state index contributed by atoms with van der Waals surface area (Å²) in [6.07, 6.45) is -0.693. The number of benzene rings is 2. The topological polar surface area (TPSA) is 105 Å². The van der Waals surface area contributed by atoms with Gasteiger partial charge in [-0.25, -0.2) is 9.59 Å². The van der Waals surface area contributed by atoms with Crippen LogP contribution in [-0.4, -0.2) is 65.9 Å². The molecule has 4 rings (SSSR count). The lowest BCUT2D eigenvalue weighted by Gasteiger charge is -2.38. The zero-order chi connectivity index (χ0) is 22.9. The van der Waals surface area contributed by atoms with Gasteiger partial charge in [-0.1, -0.05) is 48.5 Å². The van der Waals surface area contributed by atoms with Crippen molar-refractivity contribution in [1.29, 1.82) is 0 Å². The van der Waals surface area contributed by atoms with Gasteiger partial charge in [-0.15, -0.1) is 0 Å². The first-order valence-corrected chi connectivity index (χ1v) is 10.6. The van der Waals surface area contributed by atoms with Gasteiger partial charge >= 0.3 is 12.1 Å². The summed E-state index contributed by atoms with van der Waals surface area (Å²) in [7, 11) is 0. The van der Waals surface area contributed by atoms with E-state index in [1.807, 2.05) is 36.4 Å². The molecule has 2 aliphatic rings. The van der Waals surface area contributed by atoms with Crippen LogP contribution in [0.3, 0.4) is 0 Å². The Labute approximate surface area is 186 Å². The molecule has 168 valence electrons. The summed E-state index contributed by atoms with van der Waals surface area (Å²) in [5.74, 6) is -1.59. The normalized spacial score (nSPS) is 20.8. The second-order valence-electron chi connectivity index (χ2n) is 8.34. The van der Waals surface area contributed by atoms with E-state index in [-0.39, 0.29) is 38.1 Å². The lowest BCUT2D eigenvalue weighted by Crippen LogP contribution is -2.59. The van der Waals surface area contributed by atoms with E-state index in [1.165, 1.54) is 11.8 Å². The molecule has 1 aliphatic heterocycles. The summed E-state index contributed by atoms with van der Waals surface area (Å²) in [4.78, 5) is 38.0. The van der Waals surface area contributed by atoms with Crippen LogP contribution >= 0.6 is 0 Å². The number of fused-ring (bicyclic) bond motifs is 3. The number of amides is 2. The van der Waals surface area contributed by atoms with Gasteiger partial charge in [-0.3, -0.25) is 4.79 Å². The summed E-state index contributed by atoms with van der Waals surface area (Å²) >= 11 is 0. The molecule has 2 aromatic rings. The summed E-state index contributed by atoms with van der Waals surface area (Å²) < 4.78 is 10.8. The summed E-state index contributed by atoms with van der Waals surface area (Å²) in [5, 5.41) is 11.9. The monoisotopic (exact) mass is 438 g/mol. The van der Waals surface area contributed by atoms with Gasteiger partial charge in [0.1, 0.15) is 12.6 Å². The number of hydrogen-bond donors (Lipinski definition) is 2. The van der Waals surface area contributed by atoms with E-state index in [4.69, 9.17) is 9.47 Å². The number of aliphatic carboxylic acids is 1. The number of carboxylic acids is 1. The molecular formula is C24H26N2O6. The quantitative estimate of drug-likeness (QED) is 0.744. The molecule has 2 N–H and O–H groups in total. The maximum absolute atomic E-state index is 12.7. The Balaban J connectivity index is 1.36. The number of alkyl carbamates (subject to hydrolysis) is 1. The van der Waals surface area contributed by atoms with E-state index >= 15 is 0 Å². The molecule has 1 heterocycles. The summed E-state index contributed by atoms with van der Waals surface area (Å²) in [5.41, 5.74) is 3.01. The second-order valence-corrected chi connectivity index (χ2v) is 8.34. The molecule has 0 spiro atoms. The molecular weight excluding hydrogens is 412 g/mol. The first-order valence-electron chi connectivity index (χ1n) is 10.6. The molecule has 2 amide bonds. The zero-order valence-corrected chi connectivity index (χ0v) is 18.0. The van der Waals surface area contributed by atoms with E-state index in [1.54, 1.807) is 6.92 Å². The van der Waals surface area contributed by atoms with Crippen LogP contribution in [0, 0.1) is 0 Å². The Morgan fingerprint density at radius 3 is 2.34 bits per heavy atom. The van der Waals surface area contributed by atoms with E-state index in [9.17, 15) is 19.5 Å². The minimum atomic E-state index is -1.46. The highest BCUT2D eigenvalue weighted by Gasteiger charge is 2.41. The molecule has 0 bridgehead atoms. The molecule has 8 nitrogen and oxygen atoms in total. The highest BCUT2D eigenvalue weighted by Crippen LogP contribution is 2.44. The third-order valence-electron chi connectivity index (χ3n) is 6.09. The van der Waals surface area contributed by atoms with Crippen molar-refractivity contribution < 1.29 is 29.0 Å². The fourth-order valence-corrected chi connectivity index (χ4v) is 4.34. The molecule has 32 heavy (non-hydrogen) atoms. The predicted molar refractivity (Wildman–Crippen MR) is 116 cm³/mol. The van der Waals surface area contributed by atoms with Crippen molar-refractivity contribution in [3.8, 4) is 11.1 Å². The van der Waals surface area contributed by atoms with Crippen molar-refractivity contribution in [3.05, 3.63) is 59.7 Å². The van der Waals surface area contributed by atoms with Crippen LogP contribution in [0.4, 0.5) is 4.79 Å². The smallest absolute Gasteiger partial charge is 0.407 e. The Morgan fingerprint density at radius 2 is 1.75 bits per heavy atom. The Hall–Kier alpha value is -3.39. The molecule has 1 fully saturated rings. The van der Waals surface area contributed by atoms with Gasteiger partial charge in [0, 0.05) is 12.5 Å². The third kappa shape index (κ3) is 4.05. The maximum Gasteiger partial charge on any atom is 0.407 e. The van der Waals surface area contributed by atoms with Gasteiger partial charge in [-0.2, -0.15) is 0 Å².